The number of nitriles is 1. The molecule has 5 heteroatoms. The van der Waals surface area contributed by atoms with Crippen LogP contribution < -0.4 is 4.74 Å². The lowest BCUT2D eigenvalue weighted by atomic mass is 10.3. The van der Waals surface area contributed by atoms with Crippen molar-refractivity contribution >= 4 is 0 Å². The minimum atomic E-state index is -2.56. The van der Waals surface area contributed by atoms with Crippen molar-refractivity contribution in [3.8, 4) is 11.9 Å². The van der Waals surface area contributed by atoms with Gasteiger partial charge in [0.1, 0.15) is 6.07 Å². The molecular weight excluding hydrogens is 202 g/mol. The molecule has 1 atom stereocenters. The van der Waals surface area contributed by atoms with E-state index >= 15 is 0 Å². The molecule has 0 aromatic carbocycles. The number of hydrogen-bond acceptors (Lipinski definition) is 3. The Kier molecular flexibility index (Phi) is 2.27. The fourth-order valence-electron chi connectivity index (χ4n) is 1.17. The van der Waals surface area contributed by atoms with Crippen molar-refractivity contribution in [3.05, 3.63) is 23.9 Å². The van der Waals surface area contributed by atoms with Crippen LogP contribution in [0.25, 0.3) is 0 Å². The van der Waals surface area contributed by atoms with Crippen LogP contribution in [0.15, 0.2) is 18.3 Å². The normalized spacial score (nSPS) is 21.8. The van der Waals surface area contributed by atoms with Gasteiger partial charge in [-0.15, -0.1) is 0 Å². The number of hydrogen-bond donors (Lipinski definition) is 0. The van der Waals surface area contributed by atoms with Gasteiger partial charge in [-0.2, -0.15) is 5.26 Å². The molecule has 1 aliphatic carbocycles. The lowest BCUT2D eigenvalue weighted by Crippen LogP contribution is -2.06. The SMILES string of the molecule is N#Cc1ccc(OC[C@@H]2CC2(F)F)nc1. The summed E-state index contributed by atoms with van der Waals surface area (Å²) in [5.74, 6) is -2.97. The molecule has 78 valence electrons. The van der Waals surface area contributed by atoms with Crippen LogP contribution >= 0.6 is 0 Å². The molecule has 1 aromatic rings. The topological polar surface area (TPSA) is 45.9 Å². The Morgan fingerprint density at radius 1 is 1.60 bits per heavy atom. The van der Waals surface area contributed by atoms with E-state index in [-0.39, 0.29) is 18.9 Å². The monoisotopic (exact) mass is 210 g/mol. The van der Waals surface area contributed by atoms with E-state index in [2.05, 4.69) is 4.98 Å². The summed E-state index contributed by atoms with van der Waals surface area (Å²) >= 11 is 0. The van der Waals surface area contributed by atoms with Crippen LogP contribution in [0.4, 0.5) is 8.78 Å². The van der Waals surface area contributed by atoms with Crippen molar-refractivity contribution in [2.75, 3.05) is 6.61 Å². The van der Waals surface area contributed by atoms with Crippen molar-refractivity contribution in [2.24, 2.45) is 5.92 Å². The second-order valence-corrected chi connectivity index (χ2v) is 3.47. The van der Waals surface area contributed by atoms with Gasteiger partial charge in [0.25, 0.3) is 5.92 Å². The van der Waals surface area contributed by atoms with Gasteiger partial charge < -0.3 is 4.74 Å². The highest BCUT2D eigenvalue weighted by Crippen LogP contribution is 2.48. The molecule has 0 saturated heterocycles. The summed E-state index contributed by atoms with van der Waals surface area (Å²) in [6.45, 7) is -0.0219. The van der Waals surface area contributed by atoms with Gasteiger partial charge in [0.15, 0.2) is 0 Å². The summed E-state index contributed by atoms with van der Waals surface area (Å²) in [6.07, 6.45) is 1.24. The maximum Gasteiger partial charge on any atom is 0.255 e. The Labute approximate surface area is 85.3 Å². The summed E-state index contributed by atoms with van der Waals surface area (Å²) < 4.78 is 30.0. The highest BCUT2D eigenvalue weighted by Gasteiger charge is 2.57. The van der Waals surface area contributed by atoms with Crippen LogP contribution in [0.5, 0.6) is 5.88 Å². The summed E-state index contributed by atoms with van der Waals surface area (Å²) in [4.78, 5) is 3.81. The van der Waals surface area contributed by atoms with Gasteiger partial charge in [-0.05, 0) is 6.07 Å². The summed E-state index contributed by atoms with van der Waals surface area (Å²) in [5.41, 5.74) is 0.416. The molecule has 1 saturated carbocycles. The minimum absolute atomic E-state index is 0.0219. The van der Waals surface area contributed by atoms with Gasteiger partial charge >= 0.3 is 0 Å². The second-order valence-electron chi connectivity index (χ2n) is 3.47. The van der Waals surface area contributed by atoms with Gasteiger partial charge in [-0.3, -0.25) is 0 Å². The molecule has 3 nitrogen and oxygen atoms in total. The maximum atomic E-state index is 12.5. The van der Waals surface area contributed by atoms with E-state index < -0.39 is 11.8 Å². The van der Waals surface area contributed by atoms with E-state index in [0.29, 0.717) is 5.56 Å². The van der Waals surface area contributed by atoms with E-state index in [0.717, 1.165) is 0 Å². The zero-order chi connectivity index (χ0) is 10.9. The first-order valence-electron chi connectivity index (χ1n) is 4.48. The molecule has 0 aliphatic heterocycles. The third-order valence-electron chi connectivity index (χ3n) is 2.25. The largest absolute Gasteiger partial charge is 0.477 e. The van der Waals surface area contributed by atoms with Gasteiger partial charge in [0.2, 0.25) is 5.88 Å². The minimum Gasteiger partial charge on any atom is -0.477 e. The fourth-order valence-corrected chi connectivity index (χ4v) is 1.17. The van der Waals surface area contributed by atoms with Gasteiger partial charge in [-0.25, -0.2) is 13.8 Å². The molecule has 0 unspecified atom stereocenters. The molecule has 1 heterocycles. The first-order chi connectivity index (χ1) is 7.12. The molecule has 0 amide bonds. The van der Waals surface area contributed by atoms with Crippen LogP contribution in [0.3, 0.4) is 0 Å². The molecule has 15 heavy (non-hydrogen) atoms. The number of pyridine rings is 1. The second kappa shape index (κ2) is 3.46. The molecule has 0 radical (unpaired) electrons. The van der Waals surface area contributed by atoms with E-state index in [9.17, 15) is 8.78 Å². The first kappa shape index (κ1) is 9.84. The summed E-state index contributed by atoms with van der Waals surface area (Å²) in [6, 6.07) is 4.94. The Morgan fingerprint density at radius 3 is 2.80 bits per heavy atom. The Morgan fingerprint density at radius 2 is 2.33 bits per heavy atom. The smallest absolute Gasteiger partial charge is 0.255 e. The van der Waals surface area contributed by atoms with Crippen LogP contribution in [-0.4, -0.2) is 17.5 Å². The molecule has 0 bridgehead atoms. The third kappa shape index (κ3) is 2.21. The van der Waals surface area contributed by atoms with Gasteiger partial charge in [0.05, 0.1) is 18.1 Å². The Bertz CT molecular complexity index is 397. The van der Waals surface area contributed by atoms with E-state index in [1.54, 1.807) is 0 Å². The van der Waals surface area contributed by atoms with Crippen molar-refractivity contribution in [2.45, 2.75) is 12.3 Å². The molecule has 0 N–H and O–H groups in total. The van der Waals surface area contributed by atoms with Crippen LogP contribution in [-0.2, 0) is 0 Å². The Hall–Kier alpha value is -1.70. The average molecular weight is 210 g/mol. The molecule has 0 spiro atoms. The zero-order valence-electron chi connectivity index (χ0n) is 7.78. The van der Waals surface area contributed by atoms with Crippen LogP contribution in [0.1, 0.15) is 12.0 Å². The molecule has 2 rings (SSSR count). The predicted octanol–water partition coefficient (Wildman–Crippen LogP) is 1.99. The molecule has 1 aliphatic rings. The molecule has 1 aromatic heterocycles. The third-order valence-corrected chi connectivity index (χ3v) is 2.25. The van der Waals surface area contributed by atoms with E-state index in [4.69, 9.17) is 10.00 Å². The summed E-state index contributed by atoms with van der Waals surface area (Å²) in [7, 11) is 0. The molecular formula is C10H8F2N2O. The van der Waals surface area contributed by atoms with E-state index in [1.165, 1.54) is 18.3 Å². The van der Waals surface area contributed by atoms with Crippen molar-refractivity contribution in [3.63, 3.8) is 0 Å². The number of aromatic nitrogens is 1. The average Bonchev–Trinajstić information content (AvgIpc) is 2.84. The molecule has 1 fully saturated rings. The van der Waals surface area contributed by atoms with Crippen molar-refractivity contribution in [1.29, 1.82) is 5.26 Å². The van der Waals surface area contributed by atoms with Crippen molar-refractivity contribution in [1.82, 2.24) is 4.98 Å². The van der Waals surface area contributed by atoms with Gasteiger partial charge in [-0.1, -0.05) is 0 Å². The van der Waals surface area contributed by atoms with Crippen molar-refractivity contribution < 1.29 is 13.5 Å². The number of rotatable bonds is 3. The number of ether oxygens (including phenoxy) is 1. The van der Waals surface area contributed by atoms with Crippen LogP contribution in [0.2, 0.25) is 0 Å². The zero-order valence-corrected chi connectivity index (χ0v) is 7.78. The number of alkyl halides is 2. The number of halogens is 2. The number of nitrogens with zero attached hydrogens (tertiary/aromatic N) is 2. The highest BCUT2D eigenvalue weighted by molar-refractivity contribution is 5.28. The Balaban J connectivity index is 1.87. The predicted molar refractivity (Wildman–Crippen MR) is 47.5 cm³/mol. The van der Waals surface area contributed by atoms with Crippen LogP contribution in [0, 0.1) is 17.2 Å². The lowest BCUT2D eigenvalue weighted by Gasteiger charge is -2.03. The lowest BCUT2D eigenvalue weighted by molar-refractivity contribution is 0.0849. The van der Waals surface area contributed by atoms with Gasteiger partial charge in [0, 0.05) is 18.7 Å². The quantitative estimate of drug-likeness (QED) is 0.766. The highest BCUT2D eigenvalue weighted by atomic mass is 19.3. The van der Waals surface area contributed by atoms with E-state index in [1.807, 2.05) is 6.07 Å². The fraction of sp³-hybridized carbons (Fsp3) is 0.400. The standard InChI is InChI=1S/C10H8F2N2O/c11-10(12)3-8(10)6-15-9-2-1-7(4-13)5-14-9/h1-2,5,8H,3,6H2/t8-/m0/s1. The maximum absolute atomic E-state index is 12.5. The first-order valence-corrected chi connectivity index (χ1v) is 4.48. The summed E-state index contributed by atoms with van der Waals surface area (Å²) in [5, 5.41) is 8.50.